The lowest BCUT2D eigenvalue weighted by atomic mass is 10.2. The number of esters is 2. The predicted molar refractivity (Wildman–Crippen MR) is 67.0 cm³/mol. The molecule has 0 saturated heterocycles. The normalized spacial score (nSPS) is 10.7. The van der Waals surface area contributed by atoms with Crippen LogP contribution in [0.3, 0.4) is 0 Å². The largest absolute Gasteiger partial charge is 0.466 e. The zero-order valence-corrected chi connectivity index (χ0v) is 10.5. The highest BCUT2D eigenvalue weighted by Crippen LogP contribution is 2.17. The van der Waals surface area contributed by atoms with Crippen LogP contribution in [-0.4, -0.2) is 33.2 Å². The monoisotopic (exact) mass is 249 g/mol. The van der Waals surface area contributed by atoms with Gasteiger partial charge >= 0.3 is 11.9 Å². The summed E-state index contributed by atoms with van der Waals surface area (Å²) in [5, 5.41) is 0. The van der Waals surface area contributed by atoms with E-state index in [1.54, 1.807) is 11.9 Å². The number of anilines is 1. The molecule has 5 heteroatoms. The predicted octanol–water partition coefficient (Wildman–Crippen LogP) is 1.35. The lowest BCUT2D eigenvalue weighted by Gasteiger charge is -2.20. The molecule has 0 radical (unpaired) electrons. The van der Waals surface area contributed by atoms with Gasteiger partial charge in [0.1, 0.15) is 5.70 Å². The molecule has 96 valence electrons. The highest BCUT2D eigenvalue weighted by atomic mass is 16.5. The summed E-state index contributed by atoms with van der Waals surface area (Å²) in [6.07, 6.45) is 1.10. The van der Waals surface area contributed by atoms with Gasteiger partial charge in [-0.05, 0) is 12.1 Å². The van der Waals surface area contributed by atoms with E-state index in [1.165, 1.54) is 14.2 Å². The van der Waals surface area contributed by atoms with E-state index >= 15 is 0 Å². The van der Waals surface area contributed by atoms with Crippen molar-refractivity contribution in [1.29, 1.82) is 0 Å². The molecule has 1 rings (SSSR count). The molecule has 0 aromatic heterocycles. The van der Waals surface area contributed by atoms with Crippen molar-refractivity contribution in [3.63, 3.8) is 0 Å². The minimum absolute atomic E-state index is 0.107. The van der Waals surface area contributed by atoms with E-state index in [0.717, 1.165) is 11.8 Å². The van der Waals surface area contributed by atoms with E-state index in [-0.39, 0.29) is 5.70 Å². The summed E-state index contributed by atoms with van der Waals surface area (Å²) >= 11 is 0. The van der Waals surface area contributed by atoms with E-state index in [1.807, 2.05) is 30.3 Å². The molecule has 0 amide bonds. The molecule has 0 fully saturated rings. The van der Waals surface area contributed by atoms with Crippen LogP contribution in [0.1, 0.15) is 0 Å². The molecule has 0 unspecified atom stereocenters. The molecule has 0 saturated carbocycles. The zero-order chi connectivity index (χ0) is 13.5. The van der Waals surface area contributed by atoms with E-state index in [4.69, 9.17) is 0 Å². The Labute approximate surface area is 106 Å². The third-order valence-electron chi connectivity index (χ3n) is 2.36. The Balaban J connectivity index is 3.08. The highest BCUT2D eigenvalue weighted by molar-refractivity contribution is 5.99. The molecular weight excluding hydrogens is 234 g/mol. The average Bonchev–Trinajstić information content (AvgIpc) is 2.43. The second kappa shape index (κ2) is 6.44. The third kappa shape index (κ3) is 3.35. The molecule has 0 bridgehead atoms. The minimum Gasteiger partial charge on any atom is -0.466 e. The van der Waals surface area contributed by atoms with Gasteiger partial charge in [-0.3, -0.25) is 0 Å². The lowest BCUT2D eigenvalue weighted by Crippen LogP contribution is -2.25. The molecule has 0 aliphatic rings. The van der Waals surface area contributed by atoms with Crippen molar-refractivity contribution in [1.82, 2.24) is 0 Å². The fourth-order valence-corrected chi connectivity index (χ4v) is 1.36. The Morgan fingerprint density at radius 1 is 1.11 bits per heavy atom. The first-order chi connectivity index (χ1) is 8.60. The summed E-state index contributed by atoms with van der Waals surface area (Å²) in [7, 11) is 4.17. The Kier molecular flexibility index (Phi) is 4.92. The van der Waals surface area contributed by atoms with Crippen LogP contribution in [0, 0.1) is 0 Å². The van der Waals surface area contributed by atoms with Crippen molar-refractivity contribution in [3.8, 4) is 0 Å². The molecule has 18 heavy (non-hydrogen) atoms. The number of hydrogen-bond acceptors (Lipinski definition) is 5. The van der Waals surface area contributed by atoms with Crippen molar-refractivity contribution in [2.45, 2.75) is 0 Å². The van der Waals surface area contributed by atoms with Crippen LogP contribution in [0.25, 0.3) is 0 Å². The molecule has 1 aromatic rings. The first kappa shape index (κ1) is 13.8. The zero-order valence-electron chi connectivity index (χ0n) is 10.5. The number of benzene rings is 1. The number of carbonyl (C=O) groups is 2. The minimum atomic E-state index is -0.613. The number of carbonyl (C=O) groups excluding carboxylic acids is 2. The third-order valence-corrected chi connectivity index (χ3v) is 2.36. The van der Waals surface area contributed by atoms with Crippen LogP contribution in [0.4, 0.5) is 5.69 Å². The smallest absolute Gasteiger partial charge is 0.354 e. The molecule has 0 heterocycles. The maximum absolute atomic E-state index is 11.6. The van der Waals surface area contributed by atoms with Gasteiger partial charge in [0, 0.05) is 12.7 Å². The fraction of sp³-hybridized carbons (Fsp3) is 0.231. The van der Waals surface area contributed by atoms with Crippen molar-refractivity contribution in [2.24, 2.45) is 0 Å². The van der Waals surface area contributed by atoms with Crippen LogP contribution in [-0.2, 0) is 19.1 Å². The van der Waals surface area contributed by atoms with Gasteiger partial charge in [0.15, 0.2) is 0 Å². The number of methoxy groups -OCH3 is 2. The van der Waals surface area contributed by atoms with Crippen molar-refractivity contribution < 1.29 is 19.1 Å². The van der Waals surface area contributed by atoms with Crippen molar-refractivity contribution in [3.05, 3.63) is 42.1 Å². The number of hydrogen-bond donors (Lipinski definition) is 0. The maximum Gasteiger partial charge on any atom is 0.354 e. The number of nitrogens with zero attached hydrogens (tertiary/aromatic N) is 1. The second-order valence-electron chi connectivity index (χ2n) is 3.44. The highest BCUT2D eigenvalue weighted by Gasteiger charge is 2.18. The summed E-state index contributed by atoms with van der Waals surface area (Å²) in [6, 6.07) is 9.15. The Hall–Kier alpha value is -2.30. The molecule has 0 atom stereocenters. The molecule has 0 aliphatic carbocycles. The van der Waals surface area contributed by atoms with E-state index in [9.17, 15) is 9.59 Å². The Bertz CT molecular complexity index is 453. The number of ether oxygens (including phenoxy) is 2. The summed E-state index contributed by atoms with van der Waals surface area (Å²) in [4.78, 5) is 24.4. The second-order valence-corrected chi connectivity index (χ2v) is 3.44. The van der Waals surface area contributed by atoms with Crippen LogP contribution in [0.15, 0.2) is 42.1 Å². The number of rotatable bonds is 4. The summed E-state index contributed by atoms with van der Waals surface area (Å²) < 4.78 is 9.16. The van der Waals surface area contributed by atoms with Gasteiger partial charge in [-0.25, -0.2) is 9.59 Å². The van der Waals surface area contributed by atoms with Crippen molar-refractivity contribution >= 4 is 17.6 Å². The Morgan fingerprint density at radius 3 is 2.22 bits per heavy atom. The van der Waals surface area contributed by atoms with Crippen LogP contribution >= 0.6 is 0 Å². The summed E-state index contributed by atoms with van der Waals surface area (Å²) in [6.45, 7) is 0. The van der Waals surface area contributed by atoms with E-state index in [2.05, 4.69) is 9.47 Å². The summed E-state index contributed by atoms with van der Waals surface area (Å²) in [5.41, 5.74) is 0.869. The molecular formula is C13H15NO4. The topological polar surface area (TPSA) is 55.8 Å². The van der Waals surface area contributed by atoms with Gasteiger partial charge in [-0.15, -0.1) is 0 Å². The summed E-state index contributed by atoms with van der Waals surface area (Å²) in [5.74, 6) is -1.22. The molecule has 5 nitrogen and oxygen atoms in total. The van der Waals surface area contributed by atoms with E-state index < -0.39 is 11.9 Å². The molecule has 0 aliphatic heterocycles. The first-order valence-electron chi connectivity index (χ1n) is 5.27. The average molecular weight is 249 g/mol. The fourth-order valence-electron chi connectivity index (χ4n) is 1.36. The van der Waals surface area contributed by atoms with E-state index in [0.29, 0.717) is 0 Å². The Morgan fingerprint density at radius 2 is 1.72 bits per heavy atom. The first-order valence-corrected chi connectivity index (χ1v) is 5.27. The number of likely N-dealkylation sites (N-methyl/N-ethyl adjacent to an activating group) is 1. The van der Waals surface area contributed by atoms with Gasteiger partial charge in [0.05, 0.1) is 20.3 Å². The van der Waals surface area contributed by atoms with Crippen LogP contribution in [0.5, 0.6) is 0 Å². The quantitative estimate of drug-likeness (QED) is 0.595. The van der Waals surface area contributed by atoms with Crippen LogP contribution in [0.2, 0.25) is 0 Å². The van der Waals surface area contributed by atoms with Gasteiger partial charge in [0.2, 0.25) is 0 Å². The van der Waals surface area contributed by atoms with Gasteiger partial charge < -0.3 is 14.4 Å². The SMILES string of the molecule is COC(=O)/C=C(\C(=O)OC)N(C)c1ccccc1. The molecule has 1 aromatic carbocycles. The lowest BCUT2D eigenvalue weighted by molar-refractivity contribution is -0.138. The maximum atomic E-state index is 11.6. The van der Waals surface area contributed by atoms with Crippen LogP contribution < -0.4 is 4.90 Å². The number of para-hydroxylation sites is 1. The van der Waals surface area contributed by atoms with Gasteiger partial charge in [0.25, 0.3) is 0 Å². The molecule has 0 spiro atoms. The standard InChI is InChI=1S/C13H15NO4/c1-14(10-7-5-4-6-8-10)11(13(16)18-3)9-12(15)17-2/h4-9H,1-3H3/b11-9+. The molecule has 0 N–H and O–H groups in total. The van der Waals surface area contributed by atoms with Gasteiger partial charge in [-0.1, -0.05) is 18.2 Å². The van der Waals surface area contributed by atoms with Gasteiger partial charge in [-0.2, -0.15) is 0 Å². The van der Waals surface area contributed by atoms with Crippen molar-refractivity contribution in [2.75, 3.05) is 26.2 Å².